The van der Waals surface area contributed by atoms with Crippen molar-refractivity contribution < 1.29 is 57.6 Å². The van der Waals surface area contributed by atoms with Gasteiger partial charge in [0.05, 0.1) is 0 Å². The summed E-state index contributed by atoms with van der Waals surface area (Å²) in [4.78, 5) is 9.58. The van der Waals surface area contributed by atoms with Gasteiger partial charge in [0.25, 0.3) is 0 Å². The number of hydrogen-bond acceptors (Lipinski definition) is 1. The molecule has 0 aliphatic carbocycles. The van der Waals surface area contributed by atoms with Gasteiger partial charge in [-0.3, -0.25) is 0 Å². The topological polar surface area (TPSA) is 20.2 Å². The third-order valence-electron chi connectivity index (χ3n) is 1.97. The van der Waals surface area contributed by atoms with Crippen LogP contribution in [0.4, 0.5) is 0 Å². The second-order valence-corrected chi connectivity index (χ2v) is 6.86. The number of hydrogen-bond donors (Lipinski definition) is 1. The van der Waals surface area contributed by atoms with Crippen molar-refractivity contribution in [3.05, 3.63) is 0 Å². The molecule has 0 unspecified atom stereocenters. The molecule has 0 aromatic rings. The monoisotopic (exact) mass is 172 g/mol. The first-order valence-corrected chi connectivity index (χ1v) is 5.97. The summed E-state index contributed by atoms with van der Waals surface area (Å²) in [6.45, 7) is 6.25. The van der Waals surface area contributed by atoms with Crippen LogP contribution in [0.15, 0.2) is 0 Å². The van der Waals surface area contributed by atoms with Crippen molar-refractivity contribution in [2.24, 2.45) is 0 Å². The molecule has 0 atom stereocenters. The van der Waals surface area contributed by atoms with Crippen molar-refractivity contribution in [1.82, 2.24) is 0 Å². The molecule has 0 saturated heterocycles. The Morgan fingerprint density at radius 2 is 1.33 bits per heavy atom. The molecule has 1 N–H and O–H groups in total. The Labute approximate surface area is 103 Å². The Balaban J connectivity index is -0.000000245. The van der Waals surface area contributed by atoms with Crippen molar-refractivity contribution in [1.29, 1.82) is 0 Å². The summed E-state index contributed by atoms with van der Waals surface area (Å²) in [5, 5.41) is 0. The average Bonchev–Trinajstić information content (AvgIpc) is 1.87. The molecule has 0 aromatic carbocycles. The molecule has 0 saturated carbocycles. The van der Waals surface area contributed by atoms with Gasteiger partial charge in [0.2, 0.25) is 0 Å². The first-order chi connectivity index (χ1) is 3.68. The van der Waals surface area contributed by atoms with Crippen molar-refractivity contribution in [3.63, 3.8) is 0 Å². The van der Waals surface area contributed by atoms with Gasteiger partial charge in [0.1, 0.15) is 0 Å². The predicted octanol–water partition coefficient (Wildman–Crippen LogP) is -0.900. The maximum Gasteiger partial charge on any atom is 1.00 e. The molecule has 3 heteroatoms. The Morgan fingerprint density at radius 3 is 1.33 bits per heavy atom. The zero-order valence-corrected chi connectivity index (χ0v) is 11.2. The molecule has 0 heterocycles. The summed E-state index contributed by atoms with van der Waals surface area (Å²) in [6, 6.07) is 3.04. The zero-order chi connectivity index (χ0) is 6.62. The van der Waals surface area contributed by atoms with E-state index in [1.807, 2.05) is 0 Å². The summed E-state index contributed by atoms with van der Waals surface area (Å²) in [5.41, 5.74) is 0. The quantitative estimate of drug-likeness (QED) is 0.547. The molecule has 0 rings (SSSR count). The van der Waals surface area contributed by atoms with Gasteiger partial charge in [-0.15, -0.1) is 0 Å². The van der Waals surface area contributed by atoms with Crippen molar-refractivity contribution in [2.75, 3.05) is 0 Å². The van der Waals surface area contributed by atoms with Gasteiger partial charge in [0, 0.05) is 0 Å². The summed E-state index contributed by atoms with van der Waals surface area (Å²) in [5.74, 6) is 0. The molecule has 0 fully saturated rings. The predicted molar refractivity (Wildman–Crippen MR) is 40.5 cm³/mol. The van der Waals surface area contributed by atoms with Crippen LogP contribution in [0.3, 0.4) is 0 Å². The molecule has 0 aliphatic rings. The minimum Gasteiger partial charge on any atom is -1.00 e. The van der Waals surface area contributed by atoms with Gasteiger partial charge in [-0.25, -0.2) is 0 Å². The van der Waals surface area contributed by atoms with Crippen LogP contribution in [0.25, 0.3) is 0 Å². The Morgan fingerprint density at radius 1 is 1.11 bits per heavy atom. The summed E-state index contributed by atoms with van der Waals surface area (Å²) < 4.78 is 0. The van der Waals surface area contributed by atoms with Crippen LogP contribution < -0.4 is 51.4 Å². The molecule has 0 aliphatic heterocycles. The van der Waals surface area contributed by atoms with E-state index < -0.39 is 8.32 Å². The van der Waals surface area contributed by atoms with Crippen molar-refractivity contribution in [2.45, 2.75) is 38.9 Å². The smallest absolute Gasteiger partial charge is 1.00 e. The van der Waals surface area contributed by atoms with Crippen LogP contribution in [-0.4, -0.2) is 13.1 Å². The minimum atomic E-state index is -1.67. The first kappa shape index (κ1) is 13.4. The molecular weight excluding hydrogens is 155 g/mol. The molecule has 1 nitrogen and oxygen atoms in total. The molecule has 0 amide bonds. The third-order valence-corrected chi connectivity index (χ3v) is 5.92. The van der Waals surface area contributed by atoms with E-state index in [-0.39, 0.29) is 52.8 Å². The Hall–Kier alpha value is 1.81. The molecular formula is C6H17KOSi. The fourth-order valence-electron chi connectivity index (χ4n) is 0.750. The average molecular weight is 172 g/mol. The van der Waals surface area contributed by atoms with E-state index in [1.165, 1.54) is 0 Å². The second-order valence-electron chi connectivity index (χ2n) is 2.29. The molecule has 0 bridgehead atoms. The van der Waals surface area contributed by atoms with Crippen LogP contribution in [0.5, 0.6) is 0 Å². The maximum absolute atomic E-state index is 9.58. The van der Waals surface area contributed by atoms with Crippen LogP contribution in [-0.2, 0) is 0 Å². The molecule has 0 spiro atoms. The van der Waals surface area contributed by atoms with Crippen LogP contribution >= 0.6 is 0 Å². The number of rotatable bonds is 3. The Bertz CT molecular complexity index is 60.5. The van der Waals surface area contributed by atoms with Crippen LogP contribution in [0.2, 0.25) is 18.1 Å². The van der Waals surface area contributed by atoms with E-state index in [1.54, 1.807) is 0 Å². The SMILES string of the molecule is CC[Si](O)(CC)CC.[H-].[K+]. The van der Waals surface area contributed by atoms with Gasteiger partial charge in [0.15, 0.2) is 8.32 Å². The van der Waals surface area contributed by atoms with Crippen LogP contribution in [0, 0.1) is 0 Å². The molecule has 52 valence electrons. The fourth-order valence-corrected chi connectivity index (χ4v) is 2.25. The largest absolute Gasteiger partial charge is 1.00 e. The van der Waals surface area contributed by atoms with Gasteiger partial charge in [-0.1, -0.05) is 20.8 Å². The zero-order valence-electron chi connectivity index (χ0n) is 8.07. The fraction of sp³-hybridized carbons (Fsp3) is 1.00. The van der Waals surface area contributed by atoms with Gasteiger partial charge >= 0.3 is 51.4 Å². The van der Waals surface area contributed by atoms with Gasteiger partial charge in [-0.05, 0) is 18.1 Å². The summed E-state index contributed by atoms with van der Waals surface area (Å²) in [7, 11) is -1.67. The minimum absolute atomic E-state index is 0. The van der Waals surface area contributed by atoms with E-state index in [4.69, 9.17) is 0 Å². The first-order valence-electron chi connectivity index (χ1n) is 3.41. The van der Waals surface area contributed by atoms with E-state index in [2.05, 4.69) is 20.8 Å². The second kappa shape index (κ2) is 6.52. The van der Waals surface area contributed by atoms with Gasteiger partial charge in [-0.2, -0.15) is 0 Å². The molecule has 9 heavy (non-hydrogen) atoms. The van der Waals surface area contributed by atoms with E-state index in [0.717, 1.165) is 18.1 Å². The molecule has 0 aromatic heterocycles. The molecule has 0 radical (unpaired) electrons. The normalized spacial score (nSPS) is 10.7. The van der Waals surface area contributed by atoms with E-state index in [0.29, 0.717) is 0 Å². The standard InChI is InChI=1S/C6H16OSi.K.H/c1-4-8(7,5-2)6-3;;/h7H,4-6H2,1-3H3;;/q;+1;-1. The van der Waals surface area contributed by atoms with Crippen molar-refractivity contribution >= 4 is 8.32 Å². The third kappa shape index (κ3) is 5.12. The van der Waals surface area contributed by atoms with E-state index >= 15 is 0 Å². The summed E-state index contributed by atoms with van der Waals surface area (Å²) in [6.07, 6.45) is 0. The van der Waals surface area contributed by atoms with Gasteiger partial charge < -0.3 is 6.22 Å². The summed E-state index contributed by atoms with van der Waals surface area (Å²) >= 11 is 0. The van der Waals surface area contributed by atoms with Crippen LogP contribution in [0.1, 0.15) is 22.2 Å². The Kier molecular flexibility index (Phi) is 9.71. The van der Waals surface area contributed by atoms with Crippen molar-refractivity contribution in [3.8, 4) is 0 Å². The maximum atomic E-state index is 9.58. The van der Waals surface area contributed by atoms with E-state index in [9.17, 15) is 4.80 Å².